The quantitative estimate of drug-likeness (QED) is 0.616. The monoisotopic (exact) mass is 285 g/mol. The molecule has 6 nitrogen and oxygen atoms in total. The van der Waals surface area contributed by atoms with Crippen LogP contribution in [0.1, 0.15) is 0 Å². The Morgan fingerprint density at radius 1 is 1.15 bits per heavy atom. The molecule has 20 heavy (non-hydrogen) atoms. The Balaban J connectivity index is 2.47. The smallest absolute Gasteiger partial charge is 0.203 e. The lowest BCUT2D eigenvalue weighted by molar-refractivity contribution is 0.100. The summed E-state index contributed by atoms with van der Waals surface area (Å²) in [4.78, 5) is 0. The summed E-state index contributed by atoms with van der Waals surface area (Å²) in [5.74, 6) is 1.64. The zero-order chi connectivity index (χ0) is 14.8. The molecule has 0 aromatic heterocycles. The number of rotatable bonds is 10. The molecule has 1 aromatic rings. The lowest BCUT2D eigenvalue weighted by atomic mass is 10.3. The van der Waals surface area contributed by atoms with E-state index in [0.29, 0.717) is 36.9 Å². The van der Waals surface area contributed by atoms with Crippen LogP contribution in [0.2, 0.25) is 0 Å². The van der Waals surface area contributed by atoms with Gasteiger partial charge < -0.3 is 29.4 Å². The number of para-hydroxylation sites is 1. The first-order chi connectivity index (χ1) is 9.72. The van der Waals surface area contributed by atoms with E-state index in [0.717, 1.165) is 0 Å². The van der Waals surface area contributed by atoms with Crippen molar-refractivity contribution in [3.8, 4) is 17.2 Å². The first-order valence-corrected chi connectivity index (χ1v) is 6.44. The van der Waals surface area contributed by atoms with Crippen LogP contribution >= 0.6 is 0 Å². The minimum Gasteiger partial charge on any atom is -0.493 e. The molecule has 1 atom stereocenters. The maximum atomic E-state index is 9.83. The molecule has 0 aliphatic rings. The number of aliphatic hydroxyl groups excluding tert-OH is 1. The van der Waals surface area contributed by atoms with Crippen molar-refractivity contribution in [3.05, 3.63) is 18.2 Å². The van der Waals surface area contributed by atoms with Crippen LogP contribution in [0.5, 0.6) is 17.2 Å². The van der Waals surface area contributed by atoms with Crippen LogP contribution in [0, 0.1) is 0 Å². The van der Waals surface area contributed by atoms with Gasteiger partial charge in [-0.2, -0.15) is 0 Å². The summed E-state index contributed by atoms with van der Waals surface area (Å²) < 4.78 is 20.9. The number of nitrogens with one attached hydrogen (secondary N) is 1. The van der Waals surface area contributed by atoms with Gasteiger partial charge in [0.15, 0.2) is 11.5 Å². The molecule has 1 unspecified atom stereocenters. The molecule has 0 amide bonds. The summed E-state index contributed by atoms with van der Waals surface area (Å²) in [5, 5.41) is 12.9. The topological polar surface area (TPSA) is 69.2 Å². The number of benzene rings is 1. The maximum absolute atomic E-state index is 9.83. The van der Waals surface area contributed by atoms with E-state index in [9.17, 15) is 5.11 Å². The number of hydrogen-bond acceptors (Lipinski definition) is 6. The third kappa shape index (κ3) is 5.24. The second kappa shape index (κ2) is 9.41. The lowest BCUT2D eigenvalue weighted by Crippen LogP contribution is -2.33. The van der Waals surface area contributed by atoms with E-state index in [1.807, 2.05) is 6.07 Å². The lowest BCUT2D eigenvalue weighted by Gasteiger charge is -2.17. The van der Waals surface area contributed by atoms with Crippen molar-refractivity contribution in [1.29, 1.82) is 0 Å². The summed E-state index contributed by atoms with van der Waals surface area (Å²) in [5.41, 5.74) is 0. The average Bonchev–Trinajstić information content (AvgIpc) is 2.49. The fourth-order valence-corrected chi connectivity index (χ4v) is 1.64. The molecule has 114 valence electrons. The Morgan fingerprint density at radius 2 is 1.80 bits per heavy atom. The molecule has 2 N–H and O–H groups in total. The van der Waals surface area contributed by atoms with Gasteiger partial charge in [0.25, 0.3) is 0 Å². The highest BCUT2D eigenvalue weighted by Gasteiger charge is 2.13. The van der Waals surface area contributed by atoms with Crippen LogP contribution < -0.4 is 19.5 Å². The van der Waals surface area contributed by atoms with Gasteiger partial charge in [-0.1, -0.05) is 6.07 Å². The minimum absolute atomic E-state index is 0.150. The Bertz CT molecular complexity index is 364. The maximum Gasteiger partial charge on any atom is 0.203 e. The number of ether oxygens (including phenoxy) is 4. The summed E-state index contributed by atoms with van der Waals surface area (Å²) in [6.45, 7) is 1.87. The molecule has 0 spiro atoms. The van der Waals surface area contributed by atoms with Gasteiger partial charge in [-0.3, -0.25) is 0 Å². The molecule has 0 radical (unpaired) electrons. The van der Waals surface area contributed by atoms with Crippen LogP contribution in [0.25, 0.3) is 0 Å². The second-order valence-corrected chi connectivity index (χ2v) is 4.15. The molecule has 1 aromatic carbocycles. The predicted octanol–water partition coefficient (Wildman–Crippen LogP) is 0.679. The Hall–Kier alpha value is -1.50. The van der Waals surface area contributed by atoms with Gasteiger partial charge in [0.05, 0.1) is 20.8 Å². The van der Waals surface area contributed by atoms with E-state index < -0.39 is 6.10 Å². The third-order valence-corrected chi connectivity index (χ3v) is 2.67. The Kier molecular flexibility index (Phi) is 7.79. The van der Waals surface area contributed by atoms with Crippen molar-refractivity contribution in [2.24, 2.45) is 0 Å². The number of methoxy groups -OCH3 is 3. The molecule has 0 saturated carbocycles. The van der Waals surface area contributed by atoms with Crippen molar-refractivity contribution in [2.75, 3.05) is 47.6 Å². The highest BCUT2D eigenvalue weighted by atomic mass is 16.5. The van der Waals surface area contributed by atoms with E-state index in [2.05, 4.69) is 5.32 Å². The second-order valence-electron chi connectivity index (χ2n) is 4.15. The highest BCUT2D eigenvalue weighted by molar-refractivity contribution is 5.51. The normalized spacial score (nSPS) is 12.0. The number of aliphatic hydroxyl groups is 1. The van der Waals surface area contributed by atoms with Gasteiger partial charge >= 0.3 is 0 Å². The predicted molar refractivity (Wildman–Crippen MR) is 75.8 cm³/mol. The van der Waals surface area contributed by atoms with Crippen LogP contribution in [0.4, 0.5) is 0 Å². The largest absolute Gasteiger partial charge is 0.493 e. The summed E-state index contributed by atoms with van der Waals surface area (Å²) >= 11 is 0. The molecule has 0 heterocycles. The highest BCUT2D eigenvalue weighted by Crippen LogP contribution is 2.36. The van der Waals surface area contributed by atoms with E-state index in [-0.39, 0.29) is 6.61 Å². The first kappa shape index (κ1) is 16.6. The molecule has 0 fully saturated rings. The van der Waals surface area contributed by atoms with E-state index in [1.54, 1.807) is 33.5 Å². The average molecular weight is 285 g/mol. The van der Waals surface area contributed by atoms with Gasteiger partial charge in [-0.15, -0.1) is 0 Å². The molecule has 0 bridgehead atoms. The van der Waals surface area contributed by atoms with E-state index in [1.165, 1.54) is 0 Å². The zero-order valence-corrected chi connectivity index (χ0v) is 12.2. The van der Waals surface area contributed by atoms with Crippen molar-refractivity contribution in [1.82, 2.24) is 5.32 Å². The summed E-state index contributed by atoms with van der Waals surface area (Å²) in [6, 6.07) is 5.37. The molecule has 6 heteroatoms. The van der Waals surface area contributed by atoms with E-state index >= 15 is 0 Å². The molecule has 0 aliphatic heterocycles. The zero-order valence-electron chi connectivity index (χ0n) is 12.2. The minimum atomic E-state index is -0.624. The molecular formula is C14H23NO5. The van der Waals surface area contributed by atoms with Gasteiger partial charge in [0.2, 0.25) is 5.75 Å². The fraction of sp³-hybridized carbons (Fsp3) is 0.571. The summed E-state index contributed by atoms with van der Waals surface area (Å²) in [6.07, 6.45) is -0.624. The van der Waals surface area contributed by atoms with Gasteiger partial charge in [0.1, 0.15) is 12.7 Å². The van der Waals surface area contributed by atoms with Crippen molar-refractivity contribution < 1.29 is 24.1 Å². The van der Waals surface area contributed by atoms with Crippen LogP contribution in [0.3, 0.4) is 0 Å². The van der Waals surface area contributed by atoms with Crippen molar-refractivity contribution in [2.45, 2.75) is 6.10 Å². The SMILES string of the molecule is COCCNCC(O)COc1c(OC)cccc1OC. The Labute approximate surface area is 119 Å². The van der Waals surface area contributed by atoms with Crippen LogP contribution in [0.15, 0.2) is 18.2 Å². The molecule has 0 saturated heterocycles. The van der Waals surface area contributed by atoms with Crippen molar-refractivity contribution >= 4 is 0 Å². The molecule has 1 rings (SSSR count). The van der Waals surface area contributed by atoms with E-state index in [4.69, 9.17) is 18.9 Å². The first-order valence-electron chi connectivity index (χ1n) is 6.44. The Morgan fingerprint density at radius 3 is 2.35 bits per heavy atom. The van der Waals surface area contributed by atoms with Crippen LogP contribution in [-0.4, -0.2) is 58.8 Å². The summed E-state index contributed by atoms with van der Waals surface area (Å²) in [7, 11) is 4.75. The van der Waals surface area contributed by atoms with Crippen molar-refractivity contribution in [3.63, 3.8) is 0 Å². The molecule has 0 aliphatic carbocycles. The number of hydrogen-bond donors (Lipinski definition) is 2. The van der Waals surface area contributed by atoms with Gasteiger partial charge in [-0.05, 0) is 12.1 Å². The van der Waals surface area contributed by atoms with Crippen LogP contribution in [-0.2, 0) is 4.74 Å². The van der Waals surface area contributed by atoms with Gasteiger partial charge in [-0.25, -0.2) is 0 Å². The molecular weight excluding hydrogens is 262 g/mol. The fourth-order valence-electron chi connectivity index (χ4n) is 1.64. The van der Waals surface area contributed by atoms with Gasteiger partial charge in [0, 0.05) is 20.2 Å². The third-order valence-electron chi connectivity index (χ3n) is 2.67. The standard InChI is InChI=1S/C14H23NO5/c1-17-8-7-15-9-11(16)10-20-14-12(18-2)5-4-6-13(14)19-3/h4-6,11,15-16H,7-10H2,1-3H3.